The number of pyridine rings is 1. The van der Waals surface area contributed by atoms with Gasteiger partial charge in [-0.1, -0.05) is 17.7 Å². The zero-order valence-corrected chi connectivity index (χ0v) is 17.1. The van der Waals surface area contributed by atoms with Gasteiger partial charge in [-0.25, -0.2) is 18.1 Å². The Bertz CT molecular complexity index is 1040. The smallest absolute Gasteiger partial charge is 0.262 e. The Morgan fingerprint density at radius 2 is 2.10 bits per heavy atom. The highest BCUT2D eigenvalue weighted by molar-refractivity contribution is 7.89. The number of hydrogen-bond acceptors (Lipinski definition) is 6. The minimum Gasteiger partial charge on any atom is -0.482 e. The number of sulfonamides is 1. The Morgan fingerprint density at radius 1 is 1.31 bits per heavy atom. The first-order valence-electron chi connectivity index (χ1n) is 9.29. The van der Waals surface area contributed by atoms with E-state index in [0.29, 0.717) is 17.1 Å². The van der Waals surface area contributed by atoms with E-state index in [1.807, 2.05) is 0 Å². The summed E-state index contributed by atoms with van der Waals surface area (Å²) in [5.41, 5.74) is 0.977. The van der Waals surface area contributed by atoms with Crippen molar-refractivity contribution >= 4 is 33.2 Å². The third-order valence-electron chi connectivity index (χ3n) is 4.84. The normalized spacial score (nSPS) is 16.8. The Morgan fingerprint density at radius 3 is 2.90 bits per heavy atom. The minimum atomic E-state index is -3.94. The predicted molar refractivity (Wildman–Crippen MR) is 107 cm³/mol. The SMILES string of the molecule is O=C1COc2cc(S(=O)(=O)NCc3cccnc3OC3CCCC3)c(Cl)cc2N1. The van der Waals surface area contributed by atoms with Crippen molar-refractivity contribution in [3.8, 4) is 11.6 Å². The van der Waals surface area contributed by atoms with E-state index in [1.54, 1.807) is 18.3 Å². The molecule has 1 aliphatic carbocycles. The van der Waals surface area contributed by atoms with Gasteiger partial charge < -0.3 is 14.8 Å². The van der Waals surface area contributed by atoms with Crippen molar-refractivity contribution in [2.75, 3.05) is 11.9 Å². The average molecular weight is 438 g/mol. The first-order valence-corrected chi connectivity index (χ1v) is 11.1. The zero-order valence-electron chi connectivity index (χ0n) is 15.5. The topological polar surface area (TPSA) is 107 Å². The van der Waals surface area contributed by atoms with Crippen LogP contribution in [0.5, 0.6) is 11.6 Å². The standard InChI is InChI=1S/C19H20ClN3O5S/c20-14-8-15-16(27-11-18(24)23-15)9-17(14)29(25,26)22-10-12-4-3-7-21-19(12)28-13-5-1-2-6-13/h3-4,7-9,13,22H,1-2,5-6,10-11H2,(H,23,24). The lowest BCUT2D eigenvalue weighted by atomic mass is 10.2. The number of carbonyl (C=O) groups excluding carboxylic acids is 1. The minimum absolute atomic E-state index is 0.00321. The Kier molecular flexibility index (Phi) is 5.62. The molecule has 0 unspecified atom stereocenters. The molecule has 0 atom stereocenters. The van der Waals surface area contributed by atoms with Crippen molar-refractivity contribution in [2.24, 2.45) is 0 Å². The molecule has 2 aromatic rings. The Labute approximate surface area is 173 Å². The number of aromatic nitrogens is 1. The molecule has 8 nitrogen and oxygen atoms in total. The number of ether oxygens (including phenoxy) is 2. The van der Waals surface area contributed by atoms with Crippen LogP contribution in [0.4, 0.5) is 5.69 Å². The van der Waals surface area contributed by atoms with E-state index in [4.69, 9.17) is 21.1 Å². The Hall–Kier alpha value is -2.36. The highest BCUT2D eigenvalue weighted by Crippen LogP contribution is 2.35. The van der Waals surface area contributed by atoms with Gasteiger partial charge in [0.05, 0.1) is 10.7 Å². The quantitative estimate of drug-likeness (QED) is 0.719. The van der Waals surface area contributed by atoms with E-state index in [2.05, 4.69) is 15.0 Å². The van der Waals surface area contributed by atoms with E-state index in [1.165, 1.54) is 12.1 Å². The molecule has 1 aromatic carbocycles. The molecule has 1 aromatic heterocycles. The van der Waals surface area contributed by atoms with Gasteiger partial charge in [-0.3, -0.25) is 4.79 Å². The monoisotopic (exact) mass is 437 g/mol. The van der Waals surface area contributed by atoms with Crippen molar-refractivity contribution in [1.29, 1.82) is 0 Å². The first kappa shape index (κ1) is 19.9. The summed E-state index contributed by atoms with van der Waals surface area (Å²) in [6.07, 6.45) is 5.93. The van der Waals surface area contributed by atoms with Crippen LogP contribution in [0.1, 0.15) is 31.2 Å². The number of rotatable bonds is 6. The molecule has 29 heavy (non-hydrogen) atoms. The molecule has 2 aliphatic rings. The van der Waals surface area contributed by atoms with Crippen molar-refractivity contribution < 1.29 is 22.7 Å². The lowest BCUT2D eigenvalue weighted by Gasteiger charge is -2.20. The van der Waals surface area contributed by atoms with Crippen LogP contribution in [0.25, 0.3) is 0 Å². The van der Waals surface area contributed by atoms with Crippen LogP contribution in [-0.2, 0) is 21.4 Å². The summed E-state index contributed by atoms with van der Waals surface area (Å²) >= 11 is 6.16. The van der Waals surface area contributed by atoms with Gasteiger partial charge in [-0.2, -0.15) is 0 Å². The molecule has 0 spiro atoms. The molecule has 0 saturated heterocycles. The lowest BCUT2D eigenvalue weighted by Crippen LogP contribution is -2.27. The van der Waals surface area contributed by atoms with Gasteiger partial charge in [-0.15, -0.1) is 0 Å². The number of hydrogen-bond donors (Lipinski definition) is 2. The molecular formula is C19H20ClN3O5S. The number of amides is 1. The number of nitrogens with one attached hydrogen (secondary N) is 2. The van der Waals surface area contributed by atoms with Gasteiger partial charge >= 0.3 is 0 Å². The Balaban J connectivity index is 1.52. The van der Waals surface area contributed by atoms with Crippen molar-refractivity contribution in [1.82, 2.24) is 9.71 Å². The summed E-state index contributed by atoms with van der Waals surface area (Å²) in [6.45, 7) is -0.178. The molecule has 1 fully saturated rings. The summed E-state index contributed by atoms with van der Waals surface area (Å²) in [7, 11) is -3.94. The molecule has 1 saturated carbocycles. The average Bonchev–Trinajstić information content (AvgIpc) is 3.20. The van der Waals surface area contributed by atoms with Crippen molar-refractivity contribution in [2.45, 2.75) is 43.2 Å². The van der Waals surface area contributed by atoms with Gasteiger partial charge in [-0.05, 0) is 37.8 Å². The molecule has 0 radical (unpaired) electrons. The second-order valence-electron chi connectivity index (χ2n) is 6.93. The van der Waals surface area contributed by atoms with Crippen LogP contribution in [0.3, 0.4) is 0 Å². The fourth-order valence-corrected chi connectivity index (χ4v) is 4.91. The second-order valence-corrected chi connectivity index (χ2v) is 9.07. The number of anilines is 1. The highest BCUT2D eigenvalue weighted by atomic mass is 35.5. The lowest BCUT2D eigenvalue weighted by molar-refractivity contribution is -0.118. The summed E-state index contributed by atoms with van der Waals surface area (Å²) in [4.78, 5) is 15.5. The molecule has 4 rings (SSSR count). The maximum Gasteiger partial charge on any atom is 0.262 e. The van der Waals surface area contributed by atoms with Gasteiger partial charge in [0.25, 0.3) is 5.91 Å². The maximum absolute atomic E-state index is 12.8. The molecule has 10 heteroatoms. The van der Waals surface area contributed by atoms with E-state index in [0.717, 1.165) is 25.7 Å². The van der Waals surface area contributed by atoms with Gasteiger partial charge in [0.15, 0.2) is 6.61 Å². The van der Waals surface area contributed by atoms with Crippen LogP contribution in [0.15, 0.2) is 35.4 Å². The number of fused-ring (bicyclic) bond motifs is 1. The van der Waals surface area contributed by atoms with Gasteiger partial charge in [0.1, 0.15) is 16.7 Å². The fourth-order valence-electron chi connectivity index (χ4n) is 3.37. The summed E-state index contributed by atoms with van der Waals surface area (Å²) in [5.74, 6) is 0.361. The summed E-state index contributed by atoms with van der Waals surface area (Å²) in [6, 6.07) is 6.17. The molecule has 1 aliphatic heterocycles. The molecule has 2 heterocycles. The van der Waals surface area contributed by atoms with Crippen molar-refractivity contribution in [3.05, 3.63) is 41.0 Å². The predicted octanol–water partition coefficient (Wildman–Crippen LogP) is 2.87. The molecular weight excluding hydrogens is 418 g/mol. The third kappa shape index (κ3) is 4.47. The van der Waals surface area contributed by atoms with Crippen LogP contribution in [-0.4, -0.2) is 32.0 Å². The van der Waals surface area contributed by atoms with Crippen molar-refractivity contribution in [3.63, 3.8) is 0 Å². The first-order chi connectivity index (χ1) is 13.9. The van der Waals surface area contributed by atoms with E-state index < -0.39 is 10.0 Å². The van der Waals surface area contributed by atoms with Crippen LogP contribution in [0.2, 0.25) is 5.02 Å². The zero-order chi connectivity index (χ0) is 20.4. The number of benzene rings is 1. The summed E-state index contributed by atoms with van der Waals surface area (Å²) in [5, 5.41) is 2.57. The van der Waals surface area contributed by atoms with Gasteiger partial charge in [0, 0.05) is 24.4 Å². The molecule has 154 valence electrons. The fraction of sp³-hybridized carbons (Fsp3) is 0.368. The van der Waals surface area contributed by atoms with E-state index >= 15 is 0 Å². The van der Waals surface area contributed by atoms with Crippen LogP contribution < -0.4 is 19.5 Å². The molecule has 1 amide bonds. The maximum atomic E-state index is 12.8. The highest BCUT2D eigenvalue weighted by Gasteiger charge is 2.25. The summed E-state index contributed by atoms with van der Waals surface area (Å²) < 4.78 is 39.4. The van der Waals surface area contributed by atoms with Crippen LogP contribution in [0, 0.1) is 0 Å². The van der Waals surface area contributed by atoms with E-state index in [9.17, 15) is 13.2 Å². The number of halogens is 1. The van der Waals surface area contributed by atoms with E-state index in [-0.39, 0.29) is 40.8 Å². The number of carbonyl (C=O) groups is 1. The van der Waals surface area contributed by atoms with Gasteiger partial charge in [0.2, 0.25) is 15.9 Å². The largest absolute Gasteiger partial charge is 0.482 e. The third-order valence-corrected chi connectivity index (χ3v) is 6.71. The second kappa shape index (κ2) is 8.17. The molecule has 2 N–H and O–H groups in total. The number of nitrogens with zero attached hydrogens (tertiary/aromatic N) is 1. The molecule has 0 bridgehead atoms. The van der Waals surface area contributed by atoms with Crippen LogP contribution >= 0.6 is 11.6 Å².